The number of hydrogen-bond acceptors (Lipinski definition) is 1. The lowest BCUT2D eigenvalue weighted by molar-refractivity contribution is -0.126. The number of alkyl halides is 3. The summed E-state index contributed by atoms with van der Waals surface area (Å²) in [5.74, 6) is 0. The third-order valence-corrected chi connectivity index (χ3v) is 2.45. The molecular weight excluding hydrogens is 306 g/mol. The van der Waals surface area contributed by atoms with Crippen LogP contribution in [0.5, 0.6) is 0 Å². The summed E-state index contributed by atoms with van der Waals surface area (Å²) in [4.78, 5) is 0. The molecule has 0 spiro atoms. The predicted molar refractivity (Wildman–Crippen MR) is 63.9 cm³/mol. The van der Waals surface area contributed by atoms with Gasteiger partial charge < -0.3 is 5.32 Å². The van der Waals surface area contributed by atoms with E-state index in [1.165, 1.54) is 0 Å². The van der Waals surface area contributed by atoms with Gasteiger partial charge in [0.25, 0.3) is 0 Å². The van der Waals surface area contributed by atoms with Gasteiger partial charge in [-0.05, 0) is 24.6 Å². The summed E-state index contributed by atoms with van der Waals surface area (Å²) in [6.07, 6.45) is -4.17. The van der Waals surface area contributed by atoms with Crippen LogP contribution in [-0.4, -0.2) is 12.7 Å². The first-order valence-electron chi connectivity index (χ1n) is 4.44. The van der Waals surface area contributed by atoms with E-state index in [0.29, 0.717) is 0 Å². The van der Waals surface area contributed by atoms with E-state index in [0.717, 1.165) is 10.0 Å². The molecule has 0 aliphatic carbocycles. The fourth-order valence-electron chi connectivity index (χ4n) is 1.16. The summed E-state index contributed by atoms with van der Waals surface area (Å²) in [5.41, 5.74) is 0.827. The van der Waals surface area contributed by atoms with E-state index in [1.807, 2.05) is 6.07 Å². The molecule has 1 rings (SSSR count). The average molecular weight is 319 g/mol. The molecule has 0 heterocycles. The van der Waals surface area contributed by atoms with E-state index in [1.54, 1.807) is 25.1 Å². The van der Waals surface area contributed by atoms with Crippen LogP contribution >= 0.6 is 28.3 Å². The highest BCUT2D eigenvalue weighted by Crippen LogP contribution is 2.19. The SMILES string of the molecule is C[C@H](NCC(F)(F)F)c1cccc(Br)c1.Cl. The van der Waals surface area contributed by atoms with Crippen molar-refractivity contribution < 1.29 is 13.2 Å². The molecule has 0 bridgehead atoms. The highest BCUT2D eigenvalue weighted by molar-refractivity contribution is 9.10. The molecule has 0 aliphatic heterocycles. The maximum Gasteiger partial charge on any atom is 0.401 e. The third kappa shape index (κ3) is 5.72. The standard InChI is InChI=1S/C10H11BrF3N.ClH/c1-7(15-6-10(12,13)14)8-3-2-4-9(11)5-8;/h2-5,7,15H,6H2,1H3;1H/t7-;/m0./s1. The van der Waals surface area contributed by atoms with E-state index >= 15 is 0 Å². The zero-order valence-corrected chi connectivity index (χ0v) is 10.9. The van der Waals surface area contributed by atoms with Crippen molar-refractivity contribution >= 4 is 28.3 Å². The van der Waals surface area contributed by atoms with Gasteiger partial charge in [-0.1, -0.05) is 28.1 Å². The van der Waals surface area contributed by atoms with E-state index in [-0.39, 0.29) is 18.4 Å². The number of hydrogen-bond donors (Lipinski definition) is 1. The largest absolute Gasteiger partial charge is 0.401 e. The Morgan fingerprint density at radius 3 is 2.50 bits per heavy atom. The summed E-state index contributed by atoms with van der Waals surface area (Å²) in [5, 5.41) is 2.42. The van der Waals surface area contributed by atoms with Crippen molar-refractivity contribution in [3.05, 3.63) is 34.3 Å². The maximum atomic E-state index is 11.9. The van der Waals surface area contributed by atoms with Crippen molar-refractivity contribution in [3.8, 4) is 0 Å². The summed E-state index contributed by atoms with van der Waals surface area (Å²) in [7, 11) is 0. The van der Waals surface area contributed by atoms with Crippen LogP contribution in [-0.2, 0) is 0 Å². The second kappa shape index (κ2) is 6.47. The molecule has 0 aliphatic rings. The first kappa shape index (κ1) is 15.7. The Balaban J connectivity index is 0.00000225. The molecule has 6 heteroatoms. The van der Waals surface area contributed by atoms with Gasteiger partial charge in [-0.3, -0.25) is 0 Å². The Morgan fingerprint density at radius 1 is 1.38 bits per heavy atom. The molecule has 0 aromatic heterocycles. The summed E-state index contributed by atoms with van der Waals surface area (Å²) < 4.78 is 36.7. The van der Waals surface area contributed by atoms with Crippen LogP contribution in [0.1, 0.15) is 18.5 Å². The molecular formula is C10H12BrClF3N. The van der Waals surface area contributed by atoms with Crippen LogP contribution in [0.3, 0.4) is 0 Å². The zero-order chi connectivity index (χ0) is 11.5. The molecule has 0 fully saturated rings. The molecule has 0 saturated heterocycles. The van der Waals surface area contributed by atoms with Crippen LogP contribution in [0.2, 0.25) is 0 Å². The van der Waals surface area contributed by atoms with Crippen LogP contribution in [0.15, 0.2) is 28.7 Å². The fraction of sp³-hybridized carbons (Fsp3) is 0.400. The molecule has 0 amide bonds. The second-order valence-electron chi connectivity index (χ2n) is 3.27. The minimum atomic E-state index is -4.17. The minimum Gasteiger partial charge on any atom is -0.302 e. The normalized spacial score (nSPS) is 13.1. The predicted octanol–water partition coefficient (Wildman–Crippen LogP) is 4.08. The molecule has 92 valence electrons. The zero-order valence-electron chi connectivity index (χ0n) is 8.51. The van der Waals surface area contributed by atoms with Crippen molar-refractivity contribution in [3.63, 3.8) is 0 Å². The lowest BCUT2D eigenvalue weighted by atomic mass is 10.1. The maximum absolute atomic E-state index is 11.9. The topological polar surface area (TPSA) is 12.0 Å². The van der Waals surface area contributed by atoms with Crippen LogP contribution in [0.25, 0.3) is 0 Å². The van der Waals surface area contributed by atoms with Crippen LogP contribution in [0.4, 0.5) is 13.2 Å². The average Bonchev–Trinajstić information content (AvgIpc) is 2.13. The number of nitrogens with one attached hydrogen (secondary N) is 1. The lowest BCUT2D eigenvalue weighted by Gasteiger charge is -2.15. The highest BCUT2D eigenvalue weighted by atomic mass is 79.9. The fourth-order valence-corrected chi connectivity index (χ4v) is 1.58. The molecule has 16 heavy (non-hydrogen) atoms. The summed E-state index contributed by atoms with van der Waals surface area (Å²) in [6.45, 7) is 0.730. The van der Waals surface area contributed by atoms with Crippen LogP contribution < -0.4 is 5.32 Å². The molecule has 0 radical (unpaired) electrons. The molecule has 0 unspecified atom stereocenters. The molecule has 1 aromatic rings. The van der Waals surface area contributed by atoms with Gasteiger partial charge in [0.1, 0.15) is 0 Å². The Hall–Kier alpha value is -0.260. The second-order valence-corrected chi connectivity index (χ2v) is 4.19. The first-order valence-corrected chi connectivity index (χ1v) is 5.23. The van der Waals surface area contributed by atoms with Crippen molar-refractivity contribution in [1.29, 1.82) is 0 Å². The van der Waals surface area contributed by atoms with Gasteiger partial charge in [-0.15, -0.1) is 12.4 Å². The van der Waals surface area contributed by atoms with Crippen molar-refractivity contribution in [2.75, 3.05) is 6.54 Å². The van der Waals surface area contributed by atoms with Gasteiger partial charge in [0, 0.05) is 10.5 Å². The van der Waals surface area contributed by atoms with Gasteiger partial charge in [0.15, 0.2) is 0 Å². The van der Waals surface area contributed by atoms with Crippen LogP contribution in [0, 0.1) is 0 Å². The number of halogens is 5. The van der Waals surface area contributed by atoms with Crippen molar-refractivity contribution in [2.24, 2.45) is 0 Å². The van der Waals surface area contributed by atoms with Gasteiger partial charge >= 0.3 is 6.18 Å². The molecule has 1 atom stereocenters. The Labute approximate surface area is 107 Å². The smallest absolute Gasteiger partial charge is 0.302 e. The molecule has 1 aromatic carbocycles. The van der Waals surface area contributed by atoms with E-state index in [9.17, 15) is 13.2 Å². The minimum absolute atomic E-state index is 0. The molecule has 0 saturated carbocycles. The van der Waals surface area contributed by atoms with Gasteiger partial charge in [0.2, 0.25) is 0 Å². The van der Waals surface area contributed by atoms with Gasteiger partial charge in [-0.25, -0.2) is 0 Å². The highest BCUT2D eigenvalue weighted by Gasteiger charge is 2.27. The third-order valence-electron chi connectivity index (χ3n) is 1.96. The monoisotopic (exact) mass is 317 g/mol. The van der Waals surface area contributed by atoms with Crippen molar-refractivity contribution in [1.82, 2.24) is 5.32 Å². The van der Waals surface area contributed by atoms with E-state index < -0.39 is 12.7 Å². The summed E-state index contributed by atoms with van der Waals surface area (Å²) >= 11 is 3.27. The Bertz CT molecular complexity index is 330. The van der Waals surface area contributed by atoms with E-state index in [4.69, 9.17) is 0 Å². The quantitative estimate of drug-likeness (QED) is 0.885. The van der Waals surface area contributed by atoms with Crippen molar-refractivity contribution in [2.45, 2.75) is 19.1 Å². The lowest BCUT2D eigenvalue weighted by Crippen LogP contribution is -2.30. The number of rotatable bonds is 3. The summed E-state index contributed by atoms with van der Waals surface area (Å²) in [6, 6.07) is 6.90. The van der Waals surface area contributed by atoms with Gasteiger partial charge in [-0.2, -0.15) is 13.2 Å². The van der Waals surface area contributed by atoms with E-state index in [2.05, 4.69) is 21.2 Å². The first-order chi connectivity index (χ1) is 6.88. The Morgan fingerprint density at radius 2 is 2.00 bits per heavy atom. The Kier molecular flexibility index (Phi) is 6.36. The van der Waals surface area contributed by atoms with Gasteiger partial charge in [0.05, 0.1) is 6.54 Å². The number of benzene rings is 1. The molecule has 1 N–H and O–H groups in total. The molecule has 1 nitrogen and oxygen atoms in total.